The highest BCUT2D eigenvalue weighted by Gasteiger charge is 2.22. The molecule has 0 aliphatic carbocycles. The van der Waals surface area contributed by atoms with Gasteiger partial charge >= 0.3 is 5.97 Å². The van der Waals surface area contributed by atoms with E-state index in [-0.39, 0.29) is 12.7 Å². The molecule has 0 radical (unpaired) electrons. The Hall–Kier alpha value is -1.32. The Labute approximate surface area is 96.6 Å². The van der Waals surface area contributed by atoms with Gasteiger partial charge in [0.2, 0.25) is 0 Å². The Bertz CT molecular complexity index is 350. The van der Waals surface area contributed by atoms with Gasteiger partial charge in [0.05, 0.1) is 17.4 Å². The van der Waals surface area contributed by atoms with Gasteiger partial charge in [-0.2, -0.15) is 0 Å². The van der Waals surface area contributed by atoms with Gasteiger partial charge in [-0.25, -0.2) is 4.98 Å². The van der Waals surface area contributed by atoms with Crippen molar-refractivity contribution in [2.45, 2.75) is 47.3 Å². The minimum absolute atomic E-state index is 0.196. The van der Waals surface area contributed by atoms with E-state index in [1.54, 1.807) is 10.9 Å². The zero-order valence-corrected chi connectivity index (χ0v) is 10.5. The van der Waals surface area contributed by atoms with Crippen molar-refractivity contribution in [3.8, 4) is 0 Å². The molecule has 0 aliphatic rings. The summed E-state index contributed by atoms with van der Waals surface area (Å²) in [4.78, 5) is 15.7. The number of rotatable bonds is 4. The first-order valence-corrected chi connectivity index (χ1v) is 5.61. The number of aryl methyl sites for hydroxylation is 1. The van der Waals surface area contributed by atoms with Crippen molar-refractivity contribution < 1.29 is 9.53 Å². The van der Waals surface area contributed by atoms with Crippen LogP contribution in [0.25, 0.3) is 0 Å². The van der Waals surface area contributed by atoms with E-state index in [9.17, 15) is 4.79 Å². The van der Waals surface area contributed by atoms with Gasteiger partial charge < -0.3 is 9.30 Å². The number of hydrogen-bond donors (Lipinski definition) is 0. The molecule has 0 aliphatic heterocycles. The zero-order chi connectivity index (χ0) is 12.2. The van der Waals surface area contributed by atoms with Crippen LogP contribution in [0.1, 0.15) is 39.8 Å². The Morgan fingerprint density at radius 3 is 2.75 bits per heavy atom. The maximum atomic E-state index is 11.5. The normalized spacial score (nSPS) is 11.5. The van der Waals surface area contributed by atoms with Crippen LogP contribution in [0, 0.1) is 5.41 Å². The van der Waals surface area contributed by atoms with Crippen molar-refractivity contribution in [1.82, 2.24) is 9.55 Å². The van der Waals surface area contributed by atoms with Crippen LogP contribution in [-0.2, 0) is 22.7 Å². The summed E-state index contributed by atoms with van der Waals surface area (Å²) in [5.41, 5.74) is 0.585. The molecule has 90 valence electrons. The first-order chi connectivity index (χ1) is 7.43. The maximum Gasteiger partial charge on any atom is 0.312 e. The second-order valence-electron chi connectivity index (χ2n) is 4.94. The average Bonchev–Trinajstić information content (AvgIpc) is 2.61. The molecular weight excluding hydrogens is 204 g/mol. The second-order valence-corrected chi connectivity index (χ2v) is 4.94. The van der Waals surface area contributed by atoms with E-state index in [2.05, 4.69) is 11.9 Å². The van der Waals surface area contributed by atoms with Crippen LogP contribution in [-0.4, -0.2) is 15.5 Å². The first kappa shape index (κ1) is 12.7. The lowest BCUT2D eigenvalue weighted by molar-refractivity contribution is -0.156. The van der Waals surface area contributed by atoms with Crippen LogP contribution in [0.2, 0.25) is 0 Å². The largest absolute Gasteiger partial charge is 0.443 e. The van der Waals surface area contributed by atoms with Crippen molar-refractivity contribution in [1.29, 1.82) is 0 Å². The molecule has 0 atom stereocenters. The third-order valence-corrected chi connectivity index (χ3v) is 2.15. The third kappa shape index (κ3) is 3.68. The Morgan fingerprint density at radius 2 is 2.19 bits per heavy atom. The molecule has 16 heavy (non-hydrogen) atoms. The minimum Gasteiger partial charge on any atom is -0.443 e. The fourth-order valence-corrected chi connectivity index (χ4v) is 1.21. The summed E-state index contributed by atoms with van der Waals surface area (Å²) < 4.78 is 6.95. The predicted molar refractivity (Wildman–Crippen MR) is 61.8 cm³/mol. The molecule has 0 saturated heterocycles. The molecule has 0 fully saturated rings. The van der Waals surface area contributed by atoms with E-state index in [4.69, 9.17) is 4.74 Å². The summed E-state index contributed by atoms with van der Waals surface area (Å²) in [6.07, 6.45) is 5.64. The smallest absolute Gasteiger partial charge is 0.312 e. The third-order valence-electron chi connectivity index (χ3n) is 2.15. The molecule has 1 rings (SSSR count). The Kier molecular flexibility index (Phi) is 4.10. The fraction of sp³-hybridized carbons (Fsp3) is 0.667. The number of aromatic nitrogens is 2. The van der Waals surface area contributed by atoms with Gasteiger partial charge in [-0.05, 0) is 27.2 Å². The van der Waals surface area contributed by atoms with Gasteiger partial charge in [-0.3, -0.25) is 4.79 Å². The van der Waals surface area contributed by atoms with Crippen molar-refractivity contribution in [2.75, 3.05) is 0 Å². The van der Waals surface area contributed by atoms with Crippen molar-refractivity contribution in [2.24, 2.45) is 5.41 Å². The number of hydrogen-bond acceptors (Lipinski definition) is 3. The second kappa shape index (κ2) is 5.14. The molecule has 0 unspecified atom stereocenters. The van der Waals surface area contributed by atoms with E-state index in [1.807, 2.05) is 27.0 Å². The van der Waals surface area contributed by atoms with Gasteiger partial charge in [0.25, 0.3) is 0 Å². The highest BCUT2D eigenvalue weighted by molar-refractivity contribution is 5.75. The molecule has 0 aromatic carbocycles. The standard InChI is InChI=1S/C12H20N2O2/c1-5-6-10-7-14(8-13-10)9-16-11(15)12(2,3)4/h7-8H,5-6,9H2,1-4H3. The molecule has 0 saturated carbocycles. The van der Waals surface area contributed by atoms with Crippen LogP contribution in [0.4, 0.5) is 0 Å². The number of ether oxygens (including phenoxy) is 1. The quantitative estimate of drug-likeness (QED) is 0.737. The van der Waals surface area contributed by atoms with E-state index in [1.165, 1.54) is 0 Å². The van der Waals surface area contributed by atoms with Gasteiger partial charge in [-0.15, -0.1) is 0 Å². The van der Waals surface area contributed by atoms with Crippen LogP contribution in [0.5, 0.6) is 0 Å². The molecule has 0 N–H and O–H groups in total. The van der Waals surface area contributed by atoms with Gasteiger partial charge in [0.1, 0.15) is 0 Å². The van der Waals surface area contributed by atoms with Crippen molar-refractivity contribution >= 4 is 5.97 Å². The monoisotopic (exact) mass is 224 g/mol. The van der Waals surface area contributed by atoms with Crippen LogP contribution >= 0.6 is 0 Å². The Balaban J connectivity index is 2.45. The SMILES string of the molecule is CCCc1cn(COC(=O)C(C)(C)C)cn1. The van der Waals surface area contributed by atoms with Crippen LogP contribution < -0.4 is 0 Å². The highest BCUT2D eigenvalue weighted by Crippen LogP contribution is 2.15. The molecule has 0 bridgehead atoms. The number of imidazole rings is 1. The lowest BCUT2D eigenvalue weighted by Gasteiger charge is -2.16. The lowest BCUT2D eigenvalue weighted by Crippen LogP contribution is -2.23. The summed E-state index contributed by atoms with van der Waals surface area (Å²) in [6, 6.07) is 0. The molecule has 4 heteroatoms. The van der Waals surface area contributed by atoms with E-state index >= 15 is 0 Å². The van der Waals surface area contributed by atoms with Crippen molar-refractivity contribution in [3.63, 3.8) is 0 Å². The fourth-order valence-electron chi connectivity index (χ4n) is 1.21. The summed E-state index contributed by atoms with van der Waals surface area (Å²) in [5.74, 6) is -0.196. The van der Waals surface area contributed by atoms with Crippen molar-refractivity contribution in [3.05, 3.63) is 18.2 Å². The topological polar surface area (TPSA) is 44.1 Å². The van der Waals surface area contributed by atoms with E-state index in [0.717, 1.165) is 18.5 Å². The molecule has 4 nitrogen and oxygen atoms in total. The van der Waals surface area contributed by atoms with E-state index < -0.39 is 5.41 Å². The molecule has 0 amide bonds. The van der Waals surface area contributed by atoms with Gasteiger partial charge in [0.15, 0.2) is 6.73 Å². The number of esters is 1. The van der Waals surface area contributed by atoms with E-state index in [0.29, 0.717) is 0 Å². The molecule has 1 heterocycles. The summed E-state index contributed by atoms with van der Waals surface area (Å²) >= 11 is 0. The van der Waals surface area contributed by atoms with Gasteiger partial charge in [0, 0.05) is 6.20 Å². The Morgan fingerprint density at radius 1 is 1.50 bits per heavy atom. The molecule has 1 aromatic heterocycles. The molecule has 1 aromatic rings. The van der Waals surface area contributed by atoms with Crippen LogP contribution in [0.15, 0.2) is 12.5 Å². The average molecular weight is 224 g/mol. The zero-order valence-electron chi connectivity index (χ0n) is 10.5. The first-order valence-electron chi connectivity index (χ1n) is 5.61. The van der Waals surface area contributed by atoms with Gasteiger partial charge in [-0.1, -0.05) is 13.3 Å². The molecular formula is C12H20N2O2. The van der Waals surface area contributed by atoms with Crippen LogP contribution in [0.3, 0.4) is 0 Å². The minimum atomic E-state index is -0.452. The number of nitrogens with zero attached hydrogens (tertiary/aromatic N) is 2. The molecule has 0 spiro atoms. The number of carbonyl (C=O) groups excluding carboxylic acids is 1. The lowest BCUT2D eigenvalue weighted by atomic mass is 9.98. The maximum absolute atomic E-state index is 11.5. The summed E-state index contributed by atoms with van der Waals surface area (Å²) in [6.45, 7) is 7.87. The summed E-state index contributed by atoms with van der Waals surface area (Å²) in [7, 11) is 0. The summed E-state index contributed by atoms with van der Waals surface area (Å²) in [5, 5.41) is 0. The highest BCUT2D eigenvalue weighted by atomic mass is 16.5. The number of carbonyl (C=O) groups is 1. The predicted octanol–water partition coefficient (Wildman–Crippen LogP) is 2.38.